The summed E-state index contributed by atoms with van der Waals surface area (Å²) in [6.07, 6.45) is 2.03. The van der Waals surface area contributed by atoms with Gasteiger partial charge in [-0.3, -0.25) is 4.79 Å². The molecular weight excluding hydrogens is 280 g/mol. The summed E-state index contributed by atoms with van der Waals surface area (Å²) in [5.74, 6) is 0.0377. The Kier molecular flexibility index (Phi) is 4.18. The molecule has 1 aromatic carbocycles. The van der Waals surface area contributed by atoms with Crippen LogP contribution in [0.1, 0.15) is 28.8 Å². The Morgan fingerprint density at radius 2 is 2.12 bits per heavy atom. The predicted molar refractivity (Wildman–Crippen MR) is 72.2 cm³/mol. The van der Waals surface area contributed by atoms with Crippen LogP contribution in [-0.2, 0) is 0 Å². The van der Waals surface area contributed by atoms with Crippen LogP contribution in [0.5, 0.6) is 0 Å². The Hall–Kier alpha value is -0.870. The van der Waals surface area contributed by atoms with Crippen LogP contribution in [0.2, 0.25) is 0 Å². The zero-order valence-corrected chi connectivity index (χ0v) is 11.5. The summed E-state index contributed by atoms with van der Waals surface area (Å²) < 4.78 is 0.982. The summed E-state index contributed by atoms with van der Waals surface area (Å²) in [5.41, 5.74) is 1.76. The maximum absolute atomic E-state index is 12.1. The van der Waals surface area contributed by atoms with Crippen molar-refractivity contribution in [3.05, 3.63) is 33.8 Å². The minimum absolute atomic E-state index is 0.0377. The number of carbonyl (C=O) groups is 1. The van der Waals surface area contributed by atoms with Gasteiger partial charge in [-0.2, -0.15) is 0 Å². The van der Waals surface area contributed by atoms with Crippen molar-refractivity contribution >= 4 is 21.8 Å². The van der Waals surface area contributed by atoms with Crippen LogP contribution < -0.4 is 10.6 Å². The number of hydrogen-bond acceptors (Lipinski definition) is 2. The highest BCUT2D eigenvalue weighted by molar-refractivity contribution is 9.10. The Morgan fingerprint density at radius 1 is 1.41 bits per heavy atom. The fourth-order valence-electron chi connectivity index (χ4n) is 2.08. The predicted octanol–water partition coefficient (Wildman–Crippen LogP) is 2.24. The molecule has 1 amide bonds. The molecule has 0 atom stereocenters. The molecule has 0 unspecified atom stereocenters. The highest BCUT2D eigenvalue weighted by Crippen LogP contribution is 2.19. The van der Waals surface area contributed by atoms with Crippen molar-refractivity contribution in [3.63, 3.8) is 0 Å². The van der Waals surface area contributed by atoms with Crippen LogP contribution in [0.4, 0.5) is 0 Å². The van der Waals surface area contributed by atoms with E-state index in [1.54, 1.807) is 0 Å². The first-order valence-electron chi connectivity index (χ1n) is 5.95. The van der Waals surface area contributed by atoms with E-state index in [0.29, 0.717) is 6.04 Å². The highest BCUT2D eigenvalue weighted by Gasteiger charge is 2.17. The molecule has 3 nitrogen and oxygen atoms in total. The lowest BCUT2D eigenvalue weighted by molar-refractivity contribution is 0.0929. The minimum atomic E-state index is 0.0377. The Morgan fingerprint density at radius 3 is 2.82 bits per heavy atom. The summed E-state index contributed by atoms with van der Waals surface area (Å²) in [4.78, 5) is 12.1. The number of rotatable bonds is 2. The molecule has 4 heteroatoms. The third-order valence-electron chi connectivity index (χ3n) is 3.19. The van der Waals surface area contributed by atoms with Crippen molar-refractivity contribution in [3.8, 4) is 0 Å². The number of halogens is 1. The number of amides is 1. The maximum atomic E-state index is 12.1. The van der Waals surface area contributed by atoms with Crippen molar-refractivity contribution < 1.29 is 4.79 Å². The number of nitrogens with one attached hydrogen (secondary N) is 2. The van der Waals surface area contributed by atoms with E-state index in [2.05, 4.69) is 26.6 Å². The normalized spacial score (nSPS) is 16.8. The molecule has 2 rings (SSSR count). The van der Waals surface area contributed by atoms with Crippen molar-refractivity contribution in [1.29, 1.82) is 0 Å². The van der Waals surface area contributed by atoms with Gasteiger partial charge in [0.2, 0.25) is 0 Å². The molecule has 0 aromatic heterocycles. The number of hydrogen-bond donors (Lipinski definition) is 2. The van der Waals surface area contributed by atoms with E-state index >= 15 is 0 Å². The van der Waals surface area contributed by atoms with Gasteiger partial charge in [0.15, 0.2) is 0 Å². The number of benzene rings is 1. The van der Waals surface area contributed by atoms with E-state index in [1.807, 2.05) is 25.1 Å². The molecule has 0 radical (unpaired) electrons. The van der Waals surface area contributed by atoms with Gasteiger partial charge in [-0.1, -0.05) is 22.0 Å². The van der Waals surface area contributed by atoms with Crippen LogP contribution in [0, 0.1) is 6.92 Å². The lowest BCUT2D eigenvalue weighted by atomic mass is 10.0. The Bertz CT molecular complexity index is 414. The lowest BCUT2D eigenvalue weighted by Crippen LogP contribution is -2.42. The molecule has 0 aliphatic carbocycles. The van der Waals surface area contributed by atoms with Crippen molar-refractivity contribution in [1.82, 2.24) is 10.6 Å². The van der Waals surface area contributed by atoms with E-state index in [1.165, 1.54) is 0 Å². The fourth-order valence-corrected chi connectivity index (χ4v) is 2.45. The van der Waals surface area contributed by atoms with Crippen LogP contribution in [0.15, 0.2) is 22.7 Å². The van der Waals surface area contributed by atoms with E-state index in [4.69, 9.17) is 0 Å². The van der Waals surface area contributed by atoms with Gasteiger partial charge in [0.25, 0.3) is 5.91 Å². The van der Waals surface area contributed by atoms with Crippen molar-refractivity contribution in [2.24, 2.45) is 0 Å². The monoisotopic (exact) mass is 296 g/mol. The van der Waals surface area contributed by atoms with Crippen LogP contribution >= 0.6 is 15.9 Å². The quantitative estimate of drug-likeness (QED) is 0.879. The smallest absolute Gasteiger partial charge is 0.251 e. The molecule has 0 bridgehead atoms. The second-order valence-electron chi connectivity index (χ2n) is 4.41. The average molecular weight is 297 g/mol. The minimum Gasteiger partial charge on any atom is -0.349 e. The van der Waals surface area contributed by atoms with Gasteiger partial charge in [-0.25, -0.2) is 0 Å². The third kappa shape index (κ3) is 3.07. The van der Waals surface area contributed by atoms with E-state index < -0.39 is 0 Å². The van der Waals surface area contributed by atoms with Gasteiger partial charge in [0.05, 0.1) is 0 Å². The zero-order valence-electron chi connectivity index (χ0n) is 9.92. The molecule has 1 aliphatic rings. The molecule has 1 aliphatic heterocycles. The molecular formula is C13H17BrN2O. The molecule has 1 saturated heterocycles. The molecule has 2 N–H and O–H groups in total. The molecule has 0 spiro atoms. The third-order valence-corrected chi connectivity index (χ3v) is 4.05. The Labute approximate surface area is 110 Å². The number of piperidine rings is 1. The van der Waals surface area contributed by atoms with Gasteiger partial charge in [0, 0.05) is 16.1 Å². The zero-order chi connectivity index (χ0) is 12.3. The second-order valence-corrected chi connectivity index (χ2v) is 5.26. The van der Waals surface area contributed by atoms with E-state index in [0.717, 1.165) is 41.5 Å². The van der Waals surface area contributed by atoms with E-state index in [-0.39, 0.29) is 5.91 Å². The molecule has 1 aromatic rings. The maximum Gasteiger partial charge on any atom is 0.251 e. The SMILES string of the molecule is Cc1c(Br)cccc1C(=O)NC1CCNCC1. The van der Waals surface area contributed by atoms with Gasteiger partial charge in [0.1, 0.15) is 0 Å². The fraction of sp³-hybridized carbons (Fsp3) is 0.462. The standard InChI is InChI=1S/C13H17BrN2O/c1-9-11(3-2-4-12(9)14)13(17)16-10-5-7-15-8-6-10/h2-4,10,15H,5-8H2,1H3,(H,16,17). The first-order valence-corrected chi connectivity index (χ1v) is 6.74. The number of carbonyl (C=O) groups excluding carboxylic acids is 1. The molecule has 1 fully saturated rings. The van der Waals surface area contributed by atoms with Gasteiger partial charge in [-0.15, -0.1) is 0 Å². The van der Waals surface area contributed by atoms with Crippen LogP contribution in [0.3, 0.4) is 0 Å². The summed E-state index contributed by atoms with van der Waals surface area (Å²) >= 11 is 3.45. The van der Waals surface area contributed by atoms with E-state index in [9.17, 15) is 4.79 Å². The first kappa shape index (κ1) is 12.6. The van der Waals surface area contributed by atoms with Gasteiger partial charge >= 0.3 is 0 Å². The summed E-state index contributed by atoms with van der Waals surface area (Å²) in [6.45, 7) is 3.94. The lowest BCUT2D eigenvalue weighted by Gasteiger charge is -2.24. The average Bonchev–Trinajstić information content (AvgIpc) is 2.34. The van der Waals surface area contributed by atoms with Crippen molar-refractivity contribution in [2.75, 3.05) is 13.1 Å². The summed E-state index contributed by atoms with van der Waals surface area (Å²) in [5, 5.41) is 6.39. The first-order chi connectivity index (χ1) is 8.18. The largest absolute Gasteiger partial charge is 0.349 e. The van der Waals surface area contributed by atoms with Crippen LogP contribution in [0.25, 0.3) is 0 Å². The Balaban J connectivity index is 2.06. The van der Waals surface area contributed by atoms with Crippen LogP contribution in [-0.4, -0.2) is 25.0 Å². The second kappa shape index (κ2) is 5.65. The molecule has 0 saturated carbocycles. The summed E-state index contributed by atoms with van der Waals surface area (Å²) in [6, 6.07) is 6.03. The molecule has 1 heterocycles. The van der Waals surface area contributed by atoms with Gasteiger partial charge < -0.3 is 10.6 Å². The van der Waals surface area contributed by atoms with Gasteiger partial charge in [-0.05, 0) is 50.6 Å². The topological polar surface area (TPSA) is 41.1 Å². The molecule has 92 valence electrons. The molecule has 17 heavy (non-hydrogen) atoms. The highest BCUT2D eigenvalue weighted by atomic mass is 79.9. The summed E-state index contributed by atoms with van der Waals surface area (Å²) in [7, 11) is 0. The van der Waals surface area contributed by atoms with Crippen molar-refractivity contribution in [2.45, 2.75) is 25.8 Å².